The zero-order chi connectivity index (χ0) is 11.1. The number of carbonyl (C=O) groups excluding carboxylic acids is 1. The van der Waals surface area contributed by atoms with Crippen molar-refractivity contribution >= 4 is 6.03 Å². The Balaban J connectivity index is 2.25. The third-order valence-electron chi connectivity index (χ3n) is 2.81. The molecule has 0 radical (unpaired) electrons. The van der Waals surface area contributed by atoms with Crippen LogP contribution in [-0.2, 0) is 0 Å². The van der Waals surface area contributed by atoms with Crippen molar-refractivity contribution in [2.75, 3.05) is 0 Å². The molecule has 1 saturated carbocycles. The summed E-state index contributed by atoms with van der Waals surface area (Å²) >= 11 is 0. The fourth-order valence-corrected chi connectivity index (χ4v) is 1.86. The molecule has 2 N–H and O–H groups in total. The van der Waals surface area contributed by atoms with Crippen molar-refractivity contribution in [1.82, 2.24) is 10.6 Å². The van der Waals surface area contributed by atoms with Gasteiger partial charge in [0.15, 0.2) is 0 Å². The van der Waals surface area contributed by atoms with E-state index in [1.807, 2.05) is 13.0 Å². The Morgan fingerprint density at radius 3 is 2.67 bits per heavy atom. The summed E-state index contributed by atoms with van der Waals surface area (Å²) in [6.45, 7) is 1.88. The Labute approximate surface area is 91.0 Å². The van der Waals surface area contributed by atoms with E-state index < -0.39 is 0 Å². The molecule has 1 aliphatic rings. The average molecular weight is 209 g/mol. The predicted molar refractivity (Wildman–Crippen MR) is 58.2 cm³/mol. The molecule has 0 aliphatic heterocycles. The number of hydrogen-bond acceptors (Lipinski definition) is 2. The number of nitrogens with zero attached hydrogens (tertiary/aromatic N) is 1. The quantitative estimate of drug-likeness (QED) is 0.745. The SMILES string of the molecule is CCC(C#N)NC(=O)NC1CCCCC1. The molecule has 4 nitrogen and oxygen atoms in total. The molecule has 0 aromatic rings. The lowest BCUT2D eigenvalue weighted by atomic mass is 9.96. The van der Waals surface area contributed by atoms with Crippen LogP contribution in [0.5, 0.6) is 0 Å². The molecule has 4 heteroatoms. The molecule has 0 heterocycles. The number of carbonyl (C=O) groups is 1. The highest BCUT2D eigenvalue weighted by atomic mass is 16.2. The first kappa shape index (κ1) is 11.8. The largest absolute Gasteiger partial charge is 0.335 e. The first-order valence-corrected chi connectivity index (χ1v) is 5.73. The topological polar surface area (TPSA) is 64.9 Å². The van der Waals surface area contributed by atoms with Crippen molar-refractivity contribution in [2.24, 2.45) is 0 Å². The lowest BCUT2D eigenvalue weighted by Gasteiger charge is -2.23. The van der Waals surface area contributed by atoms with Crippen molar-refractivity contribution < 1.29 is 4.79 Å². The van der Waals surface area contributed by atoms with E-state index in [9.17, 15) is 4.79 Å². The van der Waals surface area contributed by atoms with Gasteiger partial charge in [-0.3, -0.25) is 0 Å². The van der Waals surface area contributed by atoms with E-state index in [1.165, 1.54) is 19.3 Å². The van der Waals surface area contributed by atoms with E-state index in [1.54, 1.807) is 0 Å². The van der Waals surface area contributed by atoms with Crippen molar-refractivity contribution in [2.45, 2.75) is 57.5 Å². The Hall–Kier alpha value is -1.24. The number of nitriles is 1. The molecule has 1 rings (SSSR count). The van der Waals surface area contributed by atoms with Crippen LogP contribution in [0.25, 0.3) is 0 Å². The van der Waals surface area contributed by atoms with Crippen LogP contribution < -0.4 is 10.6 Å². The van der Waals surface area contributed by atoms with Crippen LogP contribution in [-0.4, -0.2) is 18.1 Å². The Morgan fingerprint density at radius 1 is 1.47 bits per heavy atom. The average Bonchev–Trinajstić information content (AvgIpc) is 2.27. The Kier molecular flexibility index (Phi) is 4.96. The molecule has 1 aliphatic carbocycles. The van der Waals surface area contributed by atoms with Gasteiger partial charge >= 0.3 is 6.03 Å². The zero-order valence-corrected chi connectivity index (χ0v) is 9.25. The first-order valence-electron chi connectivity index (χ1n) is 5.73. The molecule has 1 fully saturated rings. The number of amides is 2. The number of hydrogen-bond donors (Lipinski definition) is 2. The van der Waals surface area contributed by atoms with Crippen LogP contribution in [0.4, 0.5) is 4.79 Å². The van der Waals surface area contributed by atoms with Gasteiger partial charge in [0.1, 0.15) is 6.04 Å². The standard InChI is InChI=1S/C11H19N3O/c1-2-9(8-12)13-11(15)14-10-6-4-3-5-7-10/h9-10H,2-7H2,1H3,(H2,13,14,15). The summed E-state index contributed by atoms with van der Waals surface area (Å²) in [5, 5.41) is 14.3. The number of rotatable bonds is 3. The molecule has 1 atom stereocenters. The molecule has 84 valence electrons. The van der Waals surface area contributed by atoms with Crippen LogP contribution >= 0.6 is 0 Å². The van der Waals surface area contributed by atoms with Gasteiger partial charge in [0.25, 0.3) is 0 Å². The van der Waals surface area contributed by atoms with Crippen LogP contribution in [0.1, 0.15) is 45.4 Å². The summed E-state index contributed by atoms with van der Waals surface area (Å²) < 4.78 is 0. The Morgan fingerprint density at radius 2 is 2.13 bits per heavy atom. The van der Waals surface area contributed by atoms with Crippen molar-refractivity contribution in [3.05, 3.63) is 0 Å². The van der Waals surface area contributed by atoms with Crippen LogP contribution in [0.2, 0.25) is 0 Å². The maximum atomic E-state index is 11.5. The molecule has 0 spiro atoms. The van der Waals surface area contributed by atoms with Gasteiger partial charge in [-0.05, 0) is 19.3 Å². The van der Waals surface area contributed by atoms with E-state index in [2.05, 4.69) is 10.6 Å². The van der Waals surface area contributed by atoms with Crippen molar-refractivity contribution in [1.29, 1.82) is 5.26 Å². The molecular weight excluding hydrogens is 190 g/mol. The van der Waals surface area contributed by atoms with E-state index in [0.29, 0.717) is 12.5 Å². The highest BCUT2D eigenvalue weighted by Gasteiger charge is 2.16. The molecule has 0 bridgehead atoms. The van der Waals surface area contributed by atoms with Gasteiger partial charge in [-0.15, -0.1) is 0 Å². The fraction of sp³-hybridized carbons (Fsp3) is 0.818. The van der Waals surface area contributed by atoms with Gasteiger partial charge in [-0.25, -0.2) is 4.79 Å². The van der Waals surface area contributed by atoms with Gasteiger partial charge < -0.3 is 10.6 Å². The lowest BCUT2D eigenvalue weighted by Crippen LogP contribution is -2.46. The van der Waals surface area contributed by atoms with E-state index in [4.69, 9.17) is 5.26 Å². The van der Waals surface area contributed by atoms with Gasteiger partial charge in [0, 0.05) is 6.04 Å². The minimum absolute atomic E-state index is 0.199. The summed E-state index contributed by atoms with van der Waals surface area (Å²) in [4.78, 5) is 11.5. The zero-order valence-electron chi connectivity index (χ0n) is 9.25. The third kappa shape index (κ3) is 4.20. The van der Waals surface area contributed by atoms with Crippen molar-refractivity contribution in [3.8, 4) is 6.07 Å². The normalized spacial score (nSPS) is 18.9. The van der Waals surface area contributed by atoms with Gasteiger partial charge in [0.05, 0.1) is 6.07 Å². The molecule has 0 aromatic carbocycles. The highest BCUT2D eigenvalue weighted by Crippen LogP contribution is 2.17. The summed E-state index contributed by atoms with van der Waals surface area (Å²) in [5.41, 5.74) is 0. The third-order valence-corrected chi connectivity index (χ3v) is 2.81. The van der Waals surface area contributed by atoms with E-state index >= 15 is 0 Å². The summed E-state index contributed by atoms with van der Waals surface area (Å²) in [5.74, 6) is 0. The number of urea groups is 1. The second-order valence-electron chi connectivity index (χ2n) is 4.04. The molecular formula is C11H19N3O. The minimum Gasteiger partial charge on any atom is -0.335 e. The summed E-state index contributed by atoms with van der Waals surface area (Å²) in [7, 11) is 0. The highest BCUT2D eigenvalue weighted by molar-refractivity contribution is 5.74. The van der Waals surface area contributed by atoms with Crippen LogP contribution in [0.15, 0.2) is 0 Å². The second kappa shape index (κ2) is 6.28. The maximum absolute atomic E-state index is 11.5. The summed E-state index contributed by atoms with van der Waals surface area (Å²) in [6.07, 6.45) is 6.44. The smallest absolute Gasteiger partial charge is 0.316 e. The molecule has 15 heavy (non-hydrogen) atoms. The van der Waals surface area contributed by atoms with Gasteiger partial charge in [-0.1, -0.05) is 26.2 Å². The molecule has 0 saturated heterocycles. The minimum atomic E-state index is -0.367. The second-order valence-corrected chi connectivity index (χ2v) is 4.04. The van der Waals surface area contributed by atoms with Gasteiger partial charge in [0.2, 0.25) is 0 Å². The van der Waals surface area contributed by atoms with Crippen molar-refractivity contribution in [3.63, 3.8) is 0 Å². The molecule has 1 unspecified atom stereocenters. The molecule has 0 aromatic heterocycles. The Bertz CT molecular complexity index is 241. The molecule has 2 amide bonds. The van der Waals surface area contributed by atoms with E-state index in [-0.39, 0.29) is 12.1 Å². The lowest BCUT2D eigenvalue weighted by molar-refractivity contribution is 0.230. The first-order chi connectivity index (χ1) is 7.26. The monoisotopic (exact) mass is 209 g/mol. The predicted octanol–water partition coefficient (Wildman–Crippen LogP) is 1.92. The van der Waals surface area contributed by atoms with Gasteiger partial charge in [-0.2, -0.15) is 5.26 Å². The maximum Gasteiger partial charge on any atom is 0.316 e. The van der Waals surface area contributed by atoms with Crippen LogP contribution in [0, 0.1) is 11.3 Å². The summed E-state index contributed by atoms with van der Waals surface area (Å²) in [6, 6.07) is 1.78. The fourth-order valence-electron chi connectivity index (χ4n) is 1.86. The van der Waals surface area contributed by atoms with Crippen LogP contribution in [0.3, 0.4) is 0 Å². The number of nitrogens with one attached hydrogen (secondary N) is 2. The van der Waals surface area contributed by atoms with E-state index in [0.717, 1.165) is 12.8 Å².